The Hall–Kier alpha value is -2.13. The Kier molecular flexibility index (Phi) is 5.94. The van der Waals surface area contributed by atoms with E-state index in [2.05, 4.69) is 10.3 Å². The van der Waals surface area contributed by atoms with E-state index in [0.717, 1.165) is 14.6 Å². The number of nitrogens with zero attached hydrogens (tertiary/aromatic N) is 1. The summed E-state index contributed by atoms with van der Waals surface area (Å²) < 4.78 is 6.78. The first-order valence-electron chi connectivity index (χ1n) is 6.70. The molecule has 1 unspecified atom stereocenters. The Bertz CT molecular complexity index is 699. The highest BCUT2D eigenvalue weighted by atomic mass is 32.2. The Labute approximate surface area is 140 Å². The number of thioether (sulfide) groups is 1. The minimum absolute atomic E-state index is 0.0391. The summed E-state index contributed by atoms with van der Waals surface area (Å²) in [5, 5.41) is 4.28. The number of imide groups is 1. The van der Waals surface area contributed by atoms with Crippen LogP contribution in [0, 0.1) is 0 Å². The molecular formula is C14H15N3O4S2. The van der Waals surface area contributed by atoms with Gasteiger partial charge in [0, 0.05) is 7.05 Å². The van der Waals surface area contributed by atoms with Crippen LogP contribution in [0.3, 0.4) is 0 Å². The Morgan fingerprint density at radius 1 is 1.35 bits per heavy atom. The van der Waals surface area contributed by atoms with Crippen LogP contribution in [-0.2, 0) is 14.3 Å². The SMILES string of the molecule is CNC(=O)NC(=O)C(C)OC(=O)CSc1nc2ccccc2s1. The van der Waals surface area contributed by atoms with Crippen LogP contribution in [0.2, 0.25) is 0 Å². The van der Waals surface area contributed by atoms with Crippen molar-refractivity contribution in [3.63, 3.8) is 0 Å². The van der Waals surface area contributed by atoms with Gasteiger partial charge in [-0.3, -0.25) is 14.9 Å². The van der Waals surface area contributed by atoms with Gasteiger partial charge in [-0.2, -0.15) is 0 Å². The molecule has 1 aromatic carbocycles. The van der Waals surface area contributed by atoms with Crippen LogP contribution >= 0.6 is 23.1 Å². The zero-order valence-corrected chi connectivity index (χ0v) is 14.1. The second-order valence-electron chi connectivity index (χ2n) is 4.44. The fourth-order valence-electron chi connectivity index (χ4n) is 1.59. The number of hydrogen-bond donors (Lipinski definition) is 2. The molecule has 1 aromatic heterocycles. The maximum absolute atomic E-state index is 11.8. The van der Waals surface area contributed by atoms with E-state index in [1.807, 2.05) is 29.6 Å². The molecule has 0 bridgehead atoms. The van der Waals surface area contributed by atoms with Gasteiger partial charge in [0.25, 0.3) is 5.91 Å². The summed E-state index contributed by atoms with van der Waals surface area (Å²) in [4.78, 5) is 38.7. The van der Waals surface area contributed by atoms with E-state index in [-0.39, 0.29) is 5.75 Å². The lowest BCUT2D eigenvalue weighted by molar-refractivity contribution is -0.151. The topological polar surface area (TPSA) is 97.4 Å². The number of hydrogen-bond acceptors (Lipinski definition) is 7. The van der Waals surface area contributed by atoms with E-state index in [1.54, 1.807) is 0 Å². The van der Waals surface area contributed by atoms with Crippen molar-refractivity contribution in [3.05, 3.63) is 24.3 Å². The van der Waals surface area contributed by atoms with E-state index in [0.29, 0.717) is 0 Å². The number of ether oxygens (including phenoxy) is 1. The molecular weight excluding hydrogens is 338 g/mol. The third-order valence-corrected chi connectivity index (χ3v) is 4.88. The average molecular weight is 353 g/mol. The van der Waals surface area contributed by atoms with Gasteiger partial charge in [-0.05, 0) is 19.1 Å². The zero-order chi connectivity index (χ0) is 16.8. The maximum Gasteiger partial charge on any atom is 0.321 e. The Morgan fingerprint density at radius 2 is 2.09 bits per heavy atom. The molecule has 0 aliphatic rings. The minimum Gasteiger partial charge on any atom is -0.452 e. The van der Waals surface area contributed by atoms with Crippen molar-refractivity contribution in [1.29, 1.82) is 0 Å². The lowest BCUT2D eigenvalue weighted by Gasteiger charge is -2.12. The molecule has 2 rings (SSSR count). The summed E-state index contributed by atoms with van der Waals surface area (Å²) in [6.45, 7) is 1.40. The van der Waals surface area contributed by atoms with Crippen molar-refractivity contribution in [1.82, 2.24) is 15.6 Å². The predicted molar refractivity (Wildman–Crippen MR) is 88.5 cm³/mol. The van der Waals surface area contributed by atoms with E-state index in [9.17, 15) is 14.4 Å². The molecule has 0 saturated heterocycles. The summed E-state index contributed by atoms with van der Waals surface area (Å²) in [7, 11) is 1.38. The molecule has 122 valence electrons. The zero-order valence-electron chi connectivity index (χ0n) is 12.5. The molecule has 0 aliphatic heterocycles. The molecule has 2 aromatic rings. The molecule has 0 radical (unpaired) electrons. The first kappa shape index (κ1) is 17.2. The fraction of sp³-hybridized carbons (Fsp3) is 0.286. The number of para-hydroxylation sites is 1. The average Bonchev–Trinajstić information content (AvgIpc) is 2.95. The summed E-state index contributed by atoms with van der Waals surface area (Å²) in [5.41, 5.74) is 0.881. The van der Waals surface area contributed by atoms with Gasteiger partial charge in [-0.15, -0.1) is 11.3 Å². The van der Waals surface area contributed by atoms with Crippen LogP contribution in [0.4, 0.5) is 4.79 Å². The number of carbonyl (C=O) groups excluding carboxylic acids is 3. The first-order valence-corrected chi connectivity index (χ1v) is 8.50. The van der Waals surface area contributed by atoms with Gasteiger partial charge in [0.1, 0.15) is 0 Å². The second kappa shape index (κ2) is 7.93. The smallest absolute Gasteiger partial charge is 0.321 e. The van der Waals surface area contributed by atoms with Crippen molar-refractivity contribution in [2.45, 2.75) is 17.4 Å². The van der Waals surface area contributed by atoms with Crippen molar-refractivity contribution in [3.8, 4) is 0 Å². The van der Waals surface area contributed by atoms with Crippen LogP contribution < -0.4 is 10.6 Å². The number of rotatable bonds is 5. The first-order chi connectivity index (χ1) is 11.0. The number of amides is 3. The van der Waals surface area contributed by atoms with Crippen LogP contribution in [0.25, 0.3) is 10.2 Å². The number of esters is 1. The van der Waals surface area contributed by atoms with E-state index < -0.39 is 24.0 Å². The van der Waals surface area contributed by atoms with E-state index >= 15 is 0 Å². The fourth-order valence-corrected chi connectivity index (χ4v) is 3.45. The minimum atomic E-state index is -1.05. The van der Waals surface area contributed by atoms with Gasteiger partial charge >= 0.3 is 12.0 Å². The summed E-state index contributed by atoms with van der Waals surface area (Å²) in [5.74, 6) is -1.19. The molecule has 3 amide bonds. The highest BCUT2D eigenvalue weighted by Gasteiger charge is 2.19. The van der Waals surface area contributed by atoms with Gasteiger partial charge in [0.15, 0.2) is 10.4 Å². The standard InChI is InChI=1S/C14H15N3O4S2/c1-8(12(19)17-13(20)15-2)21-11(18)7-22-14-16-9-5-3-4-6-10(9)23-14/h3-6,8H,7H2,1-2H3,(H2,15,17,19,20). The summed E-state index contributed by atoms with van der Waals surface area (Å²) in [6.07, 6.45) is -1.05. The van der Waals surface area contributed by atoms with E-state index in [4.69, 9.17) is 4.74 Å². The Morgan fingerprint density at radius 3 is 2.78 bits per heavy atom. The molecule has 0 aliphatic carbocycles. The molecule has 23 heavy (non-hydrogen) atoms. The van der Waals surface area contributed by atoms with Crippen molar-refractivity contribution in [2.24, 2.45) is 0 Å². The van der Waals surface area contributed by atoms with Gasteiger partial charge in [-0.25, -0.2) is 9.78 Å². The lowest BCUT2D eigenvalue weighted by atomic mass is 10.3. The van der Waals surface area contributed by atoms with Crippen LogP contribution in [0.1, 0.15) is 6.92 Å². The number of fused-ring (bicyclic) bond motifs is 1. The van der Waals surface area contributed by atoms with Crippen LogP contribution in [0.15, 0.2) is 28.6 Å². The number of carbonyl (C=O) groups is 3. The van der Waals surface area contributed by atoms with Gasteiger partial charge in [0.2, 0.25) is 0 Å². The van der Waals surface area contributed by atoms with Gasteiger partial charge in [-0.1, -0.05) is 23.9 Å². The highest BCUT2D eigenvalue weighted by molar-refractivity contribution is 8.01. The molecule has 0 saturated carbocycles. The van der Waals surface area contributed by atoms with Crippen LogP contribution in [-0.4, -0.2) is 41.8 Å². The second-order valence-corrected chi connectivity index (χ2v) is 6.69. The highest BCUT2D eigenvalue weighted by Crippen LogP contribution is 2.29. The number of benzene rings is 1. The van der Waals surface area contributed by atoms with Gasteiger partial charge < -0.3 is 10.1 Å². The third kappa shape index (κ3) is 4.93. The van der Waals surface area contributed by atoms with E-state index in [1.165, 1.54) is 37.1 Å². The monoisotopic (exact) mass is 353 g/mol. The quantitative estimate of drug-likeness (QED) is 0.628. The lowest BCUT2D eigenvalue weighted by Crippen LogP contribution is -2.43. The molecule has 9 heteroatoms. The maximum atomic E-state index is 11.8. The van der Waals surface area contributed by atoms with Crippen molar-refractivity contribution >= 4 is 51.2 Å². The van der Waals surface area contributed by atoms with Gasteiger partial charge in [0.05, 0.1) is 16.0 Å². The largest absolute Gasteiger partial charge is 0.452 e. The normalized spacial score (nSPS) is 11.7. The molecule has 0 fully saturated rings. The van der Waals surface area contributed by atoms with Crippen molar-refractivity contribution < 1.29 is 19.1 Å². The summed E-state index contributed by atoms with van der Waals surface area (Å²) >= 11 is 2.74. The molecule has 1 heterocycles. The predicted octanol–water partition coefficient (Wildman–Crippen LogP) is 1.78. The number of thiazole rings is 1. The third-order valence-electron chi connectivity index (χ3n) is 2.73. The molecule has 7 nitrogen and oxygen atoms in total. The molecule has 1 atom stereocenters. The number of nitrogens with one attached hydrogen (secondary N) is 2. The van der Waals surface area contributed by atoms with Crippen molar-refractivity contribution in [2.75, 3.05) is 12.8 Å². The molecule has 0 spiro atoms. The molecule has 2 N–H and O–H groups in total. The Balaban J connectivity index is 1.82. The summed E-state index contributed by atoms with van der Waals surface area (Å²) in [6, 6.07) is 7.04. The van der Waals surface area contributed by atoms with Crippen LogP contribution in [0.5, 0.6) is 0 Å². The number of urea groups is 1. The number of aromatic nitrogens is 1.